The summed E-state index contributed by atoms with van der Waals surface area (Å²) in [6.07, 6.45) is 0.535. The molecule has 1 fully saturated rings. The van der Waals surface area contributed by atoms with Crippen LogP contribution in [0.2, 0.25) is 0 Å². The number of benzene rings is 1. The molecule has 1 heterocycles. The van der Waals surface area contributed by atoms with Gasteiger partial charge in [0.1, 0.15) is 0 Å². The van der Waals surface area contributed by atoms with Gasteiger partial charge in [0.2, 0.25) is 0 Å². The molecule has 2 atom stereocenters. The molecule has 1 aromatic carbocycles. The number of carbonyl (C=O) groups excluding carboxylic acids is 1. The molecular weight excluding hydrogens is 242 g/mol. The lowest BCUT2D eigenvalue weighted by molar-refractivity contribution is -0.142. The molecule has 0 spiro atoms. The van der Waals surface area contributed by atoms with Crippen LogP contribution in [0.5, 0.6) is 0 Å². The molecule has 4 heteroatoms. The van der Waals surface area contributed by atoms with Crippen molar-refractivity contribution < 1.29 is 14.7 Å². The molecule has 0 aliphatic carbocycles. The van der Waals surface area contributed by atoms with E-state index in [2.05, 4.69) is 0 Å². The van der Waals surface area contributed by atoms with Crippen molar-refractivity contribution in [3.8, 4) is 0 Å². The molecule has 1 aliphatic rings. The van der Waals surface area contributed by atoms with Gasteiger partial charge in [0.15, 0.2) is 0 Å². The molecule has 1 saturated heterocycles. The van der Waals surface area contributed by atoms with Crippen LogP contribution < -0.4 is 0 Å². The minimum atomic E-state index is -0.816. The summed E-state index contributed by atoms with van der Waals surface area (Å²) in [5.41, 5.74) is 2.73. The van der Waals surface area contributed by atoms with Crippen molar-refractivity contribution in [2.24, 2.45) is 5.92 Å². The minimum absolute atomic E-state index is 0.0579. The maximum Gasteiger partial charge on any atom is 0.308 e. The lowest BCUT2D eigenvalue weighted by atomic mass is 10.0. The number of nitrogens with zero attached hydrogens (tertiary/aromatic N) is 1. The van der Waals surface area contributed by atoms with E-state index in [-0.39, 0.29) is 11.9 Å². The van der Waals surface area contributed by atoms with Gasteiger partial charge in [0.05, 0.1) is 5.92 Å². The maximum absolute atomic E-state index is 12.5. The Morgan fingerprint density at radius 3 is 2.58 bits per heavy atom. The second kappa shape index (κ2) is 5.03. The molecule has 1 amide bonds. The van der Waals surface area contributed by atoms with Gasteiger partial charge in [-0.3, -0.25) is 9.59 Å². The third-order valence-corrected chi connectivity index (χ3v) is 4.17. The van der Waals surface area contributed by atoms with E-state index in [0.29, 0.717) is 18.5 Å². The van der Waals surface area contributed by atoms with Gasteiger partial charge in [-0.1, -0.05) is 12.1 Å². The zero-order valence-electron chi connectivity index (χ0n) is 11.5. The van der Waals surface area contributed by atoms with Crippen LogP contribution in [0.4, 0.5) is 0 Å². The first kappa shape index (κ1) is 13.6. The number of carboxylic acids is 1. The summed E-state index contributed by atoms with van der Waals surface area (Å²) in [6, 6.07) is 5.40. The summed E-state index contributed by atoms with van der Waals surface area (Å²) in [6.45, 7) is 6.23. The van der Waals surface area contributed by atoms with Crippen molar-refractivity contribution in [3.05, 3.63) is 34.9 Å². The molecule has 1 N–H and O–H groups in total. The molecule has 1 aliphatic heterocycles. The van der Waals surface area contributed by atoms with Crippen LogP contribution >= 0.6 is 0 Å². The first-order valence-corrected chi connectivity index (χ1v) is 6.53. The summed E-state index contributed by atoms with van der Waals surface area (Å²) < 4.78 is 0. The Bertz CT molecular complexity index is 524. The number of amides is 1. The van der Waals surface area contributed by atoms with Crippen molar-refractivity contribution >= 4 is 11.9 Å². The molecule has 2 unspecified atom stereocenters. The molecule has 0 bridgehead atoms. The van der Waals surface area contributed by atoms with Crippen LogP contribution in [0.15, 0.2) is 18.2 Å². The molecular formula is C15H19NO3. The van der Waals surface area contributed by atoms with E-state index in [9.17, 15) is 9.59 Å². The number of hydrogen-bond donors (Lipinski definition) is 1. The van der Waals surface area contributed by atoms with Gasteiger partial charge >= 0.3 is 5.97 Å². The first-order chi connectivity index (χ1) is 8.93. The van der Waals surface area contributed by atoms with E-state index in [0.717, 1.165) is 11.1 Å². The van der Waals surface area contributed by atoms with Crippen LogP contribution in [0, 0.1) is 19.8 Å². The molecule has 2 rings (SSSR count). The second-order valence-corrected chi connectivity index (χ2v) is 5.22. The normalized spacial score (nSPS) is 22.6. The first-order valence-electron chi connectivity index (χ1n) is 6.53. The zero-order chi connectivity index (χ0) is 14.2. The third kappa shape index (κ3) is 2.35. The fourth-order valence-electron chi connectivity index (χ4n) is 2.69. The molecule has 102 valence electrons. The average molecular weight is 261 g/mol. The Hall–Kier alpha value is -1.84. The summed E-state index contributed by atoms with van der Waals surface area (Å²) in [7, 11) is 0. The number of rotatable bonds is 2. The highest BCUT2D eigenvalue weighted by Gasteiger charge is 2.38. The molecule has 4 nitrogen and oxygen atoms in total. The molecule has 19 heavy (non-hydrogen) atoms. The predicted octanol–water partition coefficient (Wildman–Crippen LogP) is 2.24. The number of likely N-dealkylation sites (tertiary alicyclic amines) is 1. The molecule has 0 saturated carbocycles. The predicted molar refractivity (Wildman–Crippen MR) is 72.2 cm³/mol. The topological polar surface area (TPSA) is 57.6 Å². The Morgan fingerprint density at radius 1 is 1.32 bits per heavy atom. The number of aryl methyl sites for hydroxylation is 1. The van der Waals surface area contributed by atoms with Gasteiger partial charge in [-0.05, 0) is 44.4 Å². The van der Waals surface area contributed by atoms with E-state index in [1.165, 1.54) is 0 Å². The van der Waals surface area contributed by atoms with Gasteiger partial charge in [0, 0.05) is 18.2 Å². The number of carbonyl (C=O) groups is 2. The van der Waals surface area contributed by atoms with Crippen molar-refractivity contribution in [2.75, 3.05) is 6.54 Å². The standard InChI is InChI=1S/C15H19NO3/c1-9-5-4-6-12(10(9)2)14(17)16-8-7-13(11(16)3)15(18)19/h4-6,11,13H,7-8H2,1-3H3,(H,18,19). The van der Waals surface area contributed by atoms with Gasteiger partial charge in [0.25, 0.3) is 5.91 Å². The summed E-state index contributed by atoms with van der Waals surface area (Å²) >= 11 is 0. The van der Waals surface area contributed by atoms with Gasteiger partial charge in [-0.15, -0.1) is 0 Å². The average Bonchev–Trinajstić information content (AvgIpc) is 2.74. The zero-order valence-corrected chi connectivity index (χ0v) is 11.5. The Balaban J connectivity index is 2.26. The fourth-order valence-corrected chi connectivity index (χ4v) is 2.69. The van der Waals surface area contributed by atoms with E-state index in [1.54, 1.807) is 4.90 Å². The van der Waals surface area contributed by atoms with Gasteiger partial charge in [-0.2, -0.15) is 0 Å². The van der Waals surface area contributed by atoms with Crippen LogP contribution in [0.1, 0.15) is 34.8 Å². The number of aliphatic carboxylic acids is 1. The lowest BCUT2D eigenvalue weighted by Crippen LogP contribution is -2.38. The Kier molecular flexibility index (Phi) is 3.60. The summed E-state index contributed by atoms with van der Waals surface area (Å²) in [5, 5.41) is 9.11. The lowest BCUT2D eigenvalue weighted by Gasteiger charge is -2.24. The van der Waals surface area contributed by atoms with Crippen molar-refractivity contribution in [2.45, 2.75) is 33.2 Å². The van der Waals surface area contributed by atoms with E-state index < -0.39 is 11.9 Å². The quantitative estimate of drug-likeness (QED) is 0.888. The van der Waals surface area contributed by atoms with Crippen LogP contribution in [-0.4, -0.2) is 34.5 Å². The number of hydrogen-bond acceptors (Lipinski definition) is 2. The fraction of sp³-hybridized carbons (Fsp3) is 0.467. The molecule has 1 aromatic rings. The van der Waals surface area contributed by atoms with Crippen LogP contribution in [0.3, 0.4) is 0 Å². The van der Waals surface area contributed by atoms with Crippen LogP contribution in [0.25, 0.3) is 0 Å². The van der Waals surface area contributed by atoms with E-state index in [4.69, 9.17) is 5.11 Å². The summed E-state index contributed by atoms with van der Waals surface area (Å²) in [4.78, 5) is 25.3. The van der Waals surface area contributed by atoms with Gasteiger partial charge in [-0.25, -0.2) is 0 Å². The highest BCUT2D eigenvalue weighted by Crippen LogP contribution is 2.27. The smallest absolute Gasteiger partial charge is 0.308 e. The SMILES string of the molecule is Cc1cccc(C(=O)N2CCC(C(=O)O)C2C)c1C. The highest BCUT2D eigenvalue weighted by atomic mass is 16.4. The largest absolute Gasteiger partial charge is 0.481 e. The number of carboxylic acid groups (broad SMARTS) is 1. The minimum Gasteiger partial charge on any atom is -0.481 e. The third-order valence-electron chi connectivity index (χ3n) is 4.17. The van der Waals surface area contributed by atoms with Crippen molar-refractivity contribution in [3.63, 3.8) is 0 Å². The van der Waals surface area contributed by atoms with Gasteiger partial charge < -0.3 is 10.0 Å². The van der Waals surface area contributed by atoms with Crippen molar-refractivity contribution in [1.29, 1.82) is 0 Å². The summed E-state index contributed by atoms with van der Waals surface area (Å²) in [5.74, 6) is -1.32. The van der Waals surface area contributed by atoms with E-state index in [1.807, 2.05) is 39.0 Å². The monoisotopic (exact) mass is 261 g/mol. The Labute approximate surface area is 113 Å². The van der Waals surface area contributed by atoms with Crippen LogP contribution in [-0.2, 0) is 4.79 Å². The maximum atomic E-state index is 12.5. The molecule has 0 aromatic heterocycles. The molecule has 0 radical (unpaired) electrons. The Morgan fingerprint density at radius 2 is 2.00 bits per heavy atom. The second-order valence-electron chi connectivity index (χ2n) is 5.22. The van der Waals surface area contributed by atoms with E-state index >= 15 is 0 Å². The van der Waals surface area contributed by atoms with Crippen molar-refractivity contribution in [1.82, 2.24) is 4.90 Å². The highest BCUT2D eigenvalue weighted by molar-refractivity contribution is 5.96.